The molecular formula is C8H7N5O2. The fourth-order valence-corrected chi connectivity index (χ4v) is 1.17. The van der Waals surface area contributed by atoms with Gasteiger partial charge in [0, 0.05) is 6.92 Å². The van der Waals surface area contributed by atoms with Gasteiger partial charge in [0.05, 0.1) is 6.33 Å². The normalized spacial score (nSPS) is 13.4. The lowest BCUT2D eigenvalue weighted by Gasteiger charge is -2.13. The molecule has 76 valence electrons. The van der Waals surface area contributed by atoms with Gasteiger partial charge >= 0.3 is 0 Å². The summed E-state index contributed by atoms with van der Waals surface area (Å²) in [5, 5.41) is 5.04. The van der Waals surface area contributed by atoms with Crippen molar-refractivity contribution in [2.45, 2.75) is 6.92 Å². The Morgan fingerprint density at radius 1 is 1.60 bits per heavy atom. The number of rotatable bonds is 0. The minimum absolute atomic E-state index is 0.167. The lowest BCUT2D eigenvalue weighted by molar-refractivity contribution is -0.117. The highest BCUT2D eigenvalue weighted by Gasteiger charge is 2.19. The van der Waals surface area contributed by atoms with Crippen LogP contribution in [0.2, 0.25) is 0 Å². The predicted octanol–water partition coefficient (Wildman–Crippen LogP) is -0.691. The van der Waals surface area contributed by atoms with Crippen LogP contribution in [0, 0.1) is 0 Å². The van der Waals surface area contributed by atoms with E-state index in [0.29, 0.717) is 11.5 Å². The van der Waals surface area contributed by atoms with Gasteiger partial charge in [0.25, 0.3) is 0 Å². The molecule has 7 nitrogen and oxygen atoms in total. The van der Waals surface area contributed by atoms with Crippen molar-refractivity contribution in [3.05, 3.63) is 12.0 Å². The summed E-state index contributed by atoms with van der Waals surface area (Å²) in [6, 6.07) is 0. The number of aliphatic imine (C=N–C) groups is 1. The summed E-state index contributed by atoms with van der Waals surface area (Å²) in [7, 11) is 0. The van der Waals surface area contributed by atoms with Gasteiger partial charge in [-0.05, 0) is 0 Å². The van der Waals surface area contributed by atoms with Crippen LogP contribution in [0.5, 0.6) is 0 Å². The number of hydrogen-bond donors (Lipinski definition) is 3. The van der Waals surface area contributed by atoms with Gasteiger partial charge in [-0.3, -0.25) is 10.1 Å². The maximum Gasteiger partial charge on any atom is 0.223 e. The molecule has 1 aliphatic heterocycles. The van der Waals surface area contributed by atoms with E-state index in [9.17, 15) is 9.59 Å². The van der Waals surface area contributed by atoms with E-state index in [-0.39, 0.29) is 17.6 Å². The second kappa shape index (κ2) is 3.39. The topological polar surface area (TPSA) is 99.2 Å². The second-order valence-electron chi connectivity index (χ2n) is 2.84. The molecule has 0 aliphatic carbocycles. The van der Waals surface area contributed by atoms with Crippen molar-refractivity contribution in [2.75, 3.05) is 0 Å². The van der Waals surface area contributed by atoms with Crippen LogP contribution < -0.4 is 10.6 Å². The number of hydrogen-bond acceptors (Lipinski definition) is 5. The van der Waals surface area contributed by atoms with E-state index in [0.717, 1.165) is 0 Å². The highest BCUT2D eigenvalue weighted by atomic mass is 16.1. The number of fused-ring (bicyclic) bond motifs is 1. The molecule has 15 heavy (non-hydrogen) atoms. The van der Waals surface area contributed by atoms with Gasteiger partial charge in [-0.15, -0.1) is 0 Å². The van der Waals surface area contributed by atoms with Crippen molar-refractivity contribution in [1.82, 2.24) is 20.6 Å². The summed E-state index contributed by atoms with van der Waals surface area (Å²) in [4.78, 5) is 32.0. The van der Waals surface area contributed by atoms with E-state index in [1.807, 2.05) is 0 Å². The van der Waals surface area contributed by atoms with E-state index < -0.39 is 0 Å². The molecule has 0 spiro atoms. The van der Waals surface area contributed by atoms with Crippen molar-refractivity contribution >= 4 is 29.3 Å². The van der Waals surface area contributed by atoms with Gasteiger partial charge in [-0.1, -0.05) is 0 Å². The standard InChI is InChI=1S/C8H7N5O2/c1-4(15)11-8-12-5(2-14)6-7(13-8)10-3-9-6/h3H,1H3,(H,9,10)(H2,11,12,13,15). The molecular weight excluding hydrogens is 198 g/mol. The van der Waals surface area contributed by atoms with Crippen molar-refractivity contribution in [2.24, 2.45) is 4.99 Å². The Kier molecular flexibility index (Phi) is 2.07. The lowest BCUT2D eigenvalue weighted by Crippen LogP contribution is -2.40. The van der Waals surface area contributed by atoms with Crippen LogP contribution in [0.1, 0.15) is 12.6 Å². The zero-order valence-corrected chi connectivity index (χ0v) is 7.79. The number of H-pyrrole nitrogens is 1. The van der Waals surface area contributed by atoms with Crippen LogP contribution in [0.15, 0.2) is 11.3 Å². The number of guanidine groups is 1. The summed E-state index contributed by atoms with van der Waals surface area (Å²) in [6.45, 7) is 1.34. The van der Waals surface area contributed by atoms with Crippen LogP contribution in [0.4, 0.5) is 5.82 Å². The number of nitrogens with zero attached hydrogens (tertiary/aromatic N) is 2. The summed E-state index contributed by atoms with van der Waals surface area (Å²) in [5.74, 6) is 1.93. The number of nitrogens with one attached hydrogen (secondary N) is 3. The SMILES string of the molecule is CC(=O)NC1=Nc2nc[nH]c2C(=C=O)N1. The second-order valence-corrected chi connectivity index (χ2v) is 2.84. The number of imidazole rings is 1. The quantitative estimate of drug-likeness (QED) is 0.488. The van der Waals surface area contributed by atoms with E-state index >= 15 is 0 Å². The first-order valence-corrected chi connectivity index (χ1v) is 4.13. The van der Waals surface area contributed by atoms with Crippen molar-refractivity contribution in [1.29, 1.82) is 0 Å². The molecule has 0 atom stereocenters. The van der Waals surface area contributed by atoms with Gasteiger partial charge in [-0.2, -0.15) is 4.99 Å². The zero-order chi connectivity index (χ0) is 10.8. The Balaban J connectivity index is 2.41. The molecule has 7 heteroatoms. The molecule has 0 fully saturated rings. The summed E-state index contributed by atoms with van der Waals surface area (Å²) in [6.07, 6.45) is 1.41. The number of aromatic amines is 1. The summed E-state index contributed by atoms with van der Waals surface area (Å²) < 4.78 is 0. The van der Waals surface area contributed by atoms with E-state index in [1.54, 1.807) is 5.94 Å². The van der Waals surface area contributed by atoms with Crippen molar-refractivity contribution < 1.29 is 9.59 Å². The highest BCUT2D eigenvalue weighted by Crippen LogP contribution is 2.22. The average Bonchev–Trinajstić information content (AvgIpc) is 2.63. The fraction of sp³-hybridized carbons (Fsp3) is 0.125. The molecule has 0 saturated heterocycles. The van der Waals surface area contributed by atoms with Gasteiger partial charge in [-0.25, -0.2) is 9.78 Å². The minimum atomic E-state index is -0.287. The van der Waals surface area contributed by atoms with Crippen LogP contribution in [-0.4, -0.2) is 27.8 Å². The van der Waals surface area contributed by atoms with Crippen LogP contribution in [0.3, 0.4) is 0 Å². The number of amides is 1. The molecule has 0 unspecified atom stereocenters. The average molecular weight is 205 g/mol. The fourth-order valence-electron chi connectivity index (χ4n) is 1.17. The van der Waals surface area contributed by atoms with E-state index in [1.165, 1.54) is 13.3 Å². The number of carbonyl (C=O) groups is 1. The molecule has 0 saturated carbocycles. The number of aromatic nitrogens is 2. The molecule has 1 amide bonds. The maximum absolute atomic E-state index is 10.8. The van der Waals surface area contributed by atoms with E-state index in [4.69, 9.17) is 0 Å². The third-order valence-electron chi connectivity index (χ3n) is 1.73. The molecule has 3 N–H and O–H groups in total. The summed E-state index contributed by atoms with van der Waals surface area (Å²) in [5.41, 5.74) is 0.625. The Hall–Kier alpha value is -2.40. The predicted molar refractivity (Wildman–Crippen MR) is 51.7 cm³/mol. The summed E-state index contributed by atoms with van der Waals surface area (Å²) >= 11 is 0. The monoisotopic (exact) mass is 205 g/mol. The van der Waals surface area contributed by atoms with E-state index in [2.05, 4.69) is 25.6 Å². The van der Waals surface area contributed by atoms with Crippen molar-refractivity contribution in [3.8, 4) is 0 Å². The molecule has 2 rings (SSSR count). The number of carbonyl (C=O) groups excluding carboxylic acids is 2. The lowest BCUT2D eigenvalue weighted by atomic mass is 10.3. The molecule has 0 radical (unpaired) electrons. The largest absolute Gasteiger partial charge is 0.341 e. The maximum atomic E-state index is 10.8. The Labute approximate surface area is 84.3 Å². The zero-order valence-electron chi connectivity index (χ0n) is 7.79. The first-order valence-electron chi connectivity index (χ1n) is 4.13. The van der Waals surface area contributed by atoms with Crippen LogP contribution in [0.25, 0.3) is 5.70 Å². The van der Waals surface area contributed by atoms with Crippen LogP contribution in [-0.2, 0) is 9.59 Å². The molecule has 0 bridgehead atoms. The molecule has 1 aromatic rings. The smallest absolute Gasteiger partial charge is 0.223 e. The third kappa shape index (κ3) is 1.63. The van der Waals surface area contributed by atoms with Crippen LogP contribution >= 0.6 is 0 Å². The van der Waals surface area contributed by atoms with Gasteiger partial charge in [0.15, 0.2) is 17.5 Å². The van der Waals surface area contributed by atoms with Crippen molar-refractivity contribution in [3.63, 3.8) is 0 Å². The minimum Gasteiger partial charge on any atom is -0.341 e. The Morgan fingerprint density at radius 3 is 3.07 bits per heavy atom. The molecule has 2 heterocycles. The van der Waals surface area contributed by atoms with Gasteiger partial charge < -0.3 is 10.3 Å². The first kappa shape index (κ1) is 9.17. The molecule has 0 aromatic carbocycles. The molecule has 1 aromatic heterocycles. The Morgan fingerprint density at radius 2 is 2.40 bits per heavy atom. The van der Waals surface area contributed by atoms with Gasteiger partial charge in [0.1, 0.15) is 5.69 Å². The molecule has 1 aliphatic rings. The third-order valence-corrected chi connectivity index (χ3v) is 1.73. The highest BCUT2D eigenvalue weighted by molar-refractivity contribution is 6.07. The first-order chi connectivity index (χ1) is 7.20. The van der Waals surface area contributed by atoms with Gasteiger partial charge in [0.2, 0.25) is 11.9 Å². The Bertz CT molecular complexity index is 495.